The van der Waals surface area contributed by atoms with Crippen molar-refractivity contribution in [2.45, 2.75) is 58.2 Å². The summed E-state index contributed by atoms with van der Waals surface area (Å²) in [5.74, 6) is 0.191. The van der Waals surface area contributed by atoms with Gasteiger partial charge in [0.05, 0.1) is 17.1 Å². The average Bonchev–Trinajstić information content (AvgIpc) is 2.59. The molecule has 1 fully saturated rings. The Kier molecular flexibility index (Phi) is 3.22. The summed E-state index contributed by atoms with van der Waals surface area (Å²) >= 11 is 0. The van der Waals surface area contributed by atoms with Gasteiger partial charge in [-0.1, -0.05) is 32.9 Å². The van der Waals surface area contributed by atoms with Gasteiger partial charge < -0.3 is 4.74 Å². The zero-order valence-electron chi connectivity index (χ0n) is 11.7. The quantitative estimate of drug-likeness (QED) is 0.720. The van der Waals surface area contributed by atoms with Crippen LogP contribution in [0.4, 0.5) is 0 Å². The zero-order valence-corrected chi connectivity index (χ0v) is 11.7. The number of ether oxygens (including phenoxy) is 1. The van der Waals surface area contributed by atoms with Crippen molar-refractivity contribution >= 4 is 11.6 Å². The van der Waals surface area contributed by atoms with Gasteiger partial charge in [0, 0.05) is 19.3 Å². The van der Waals surface area contributed by atoms with Crippen LogP contribution in [0.25, 0.3) is 0 Å². The molecule has 0 aromatic carbocycles. The third-order valence-corrected chi connectivity index (χ3v) is 4.29. The molecule has 0 N–H and O–H groups in total. The fourth-order valence-corrected chi connectivity index (χ4v) is 3.14. The Morgan fingerprint density at radius 1 is 1.50 bits per heavy atom. The minimum absolute atomic E-state index is 0.140. The Morgan fingerprint density at radius 3 is 2.72 bits per heavy atom. The molecule has 0 amide bonds. The fraction of sp³-hybridized carbons (Fsp3) is 0.733. The molecule has 0 aliphatic carbocycles. The van der Waals surface area contributed by atoms with Gasteiger partial charge in [0.15, 0.2) is 0 Å². The molecule has 0 unspecified atom stereocenters. The van der Waals surface area contributed by atoms with E-state index in [9.17, 15) is 9.59 Å². The number of carbonyl (C=O) groups excluding carboxylic acids is 2. The first-order valence-corrected chi connectivity index (χ1v) is 6.78. The summed E-state index contributed by atoms with van der Waals surface area (Å²) in [4.78, 5) is 24.1. The van der Waals surface area contributed by atoms with Crippen LogP contribution in [0, 0.1) is 11.8 Å². The molecule has 1 saturated heterocycles. The van der Waals surface area contributed by atoms with Crippen LogP contribution < -0.4 is 0 Å². The van der Waals surface area contributed by atoms with E-state index in [0.717, 1.165) is 0 Å². The molecule has 3 nitrogen and oxygen atoms in total. The Hall–Kier alpha value is -0.960. The van der Waals surface area contributed by atoms with Gasteiger partial charge in [-0.15, -0.1) is 0 Å². The van der Waals surface area contributed by atoms with Crippen molar-refractivity contribution in [3.8, 4) is 0 Å². The molecule has 2 aliphatic rings. The first kappa shape index (κ1) is 13.5. The van der Waals surface area contributed by atoms with E-state index in [1.807, 2.05) is 26.0 Å². The monoisotopic (exact) mass is 250 g/mol. The van der Waals surface area contributed by atoms with Gasteiger partial charge in [-0.25, -0.2) is 0 Å². The molecule has 0 aromatic rings. The van der Waals surface area contributed by atoms with E-state index < -0.39 is 11.2 Å². The molecule has 0 saturated carbocycles. The smallest absolute Gasteiger partial charge is 0.142 e. The van der Waals surface area contributed by atoms with E-state index in [1.54, 1.807) is 0 Å². The van der Waals surface area contributed by atoms with Crippen molar-refractivity contribution < 1.29 is 14.3 Å². The van der Waals surface area contributed by atoms with Crippen LogP contribution in [0.2, 0.25) is 0 Å². The van der Waals surface area contributed by atoms with Gasteiger partial charge in [0.1, 0.15) is 11.6 Å². The average molecular weight is 250 g/mol. The minimum atomic E-state index is -0.574. The van der Waals surface area contributed by atoms with Crippen molar-refractivity contribution in [2.75, 3.05) is 0 Å². The second-order valence-electron chi connectivity index (χ2n) is 6.05. The SMILES string of the molecule is CCC(=O)C[C@H]1C(=O)C[C@@]2(C)C=C[C@]1(C(C)C)O2. The van der Waals surface area contributed by atoms with Crippen molar-refractivity contribution in [3.63, 3.8) is 0 Å². The predicted octanol–water partition coefficient (Wildman–Crippen LogP) is 2.68. The van der Waals surface area contributed by atoms with Gasteiger partial charge >= 0.3 is 0 Å². The van der Waals surface area contributed by atoms with Crippen LogP contribution in [0.15, 0.2) is 12.2 Å². The Labute approximate surface area is 109 Å². The number of hydrogen-bond donors (Lipinski definition) is 0. The first-order chi connectivity index (χ1) is 8.33. The summed E-state index contributed by atoms with van der Waals surface area (Å²) in [6, 6.07) is 0. The molecular weight excluding hydrogens is 228 g/mol. The molecule has 2 aliphatic heterocycles. The second kappa shape index (κ2) is 4.30. The lowest BCUT2D eigenvalue weighted by molar-refractivity contribution is -0.180. The Balaban J connectivity index is 2.34. The number of ketones is 2. The molecule has 100 valence electrons. The van der Waals surface area contributed by atoms with E-state index in [0.29, 0.717) is 19.3 Å². The lowest BCUT2D eigenvalue weighted by Crippen LogP contribution is -2.54. The number of carbonyl (C=O) groups is 2. The zero-order chi connectivity index (χ0) is 13.6. The summed E-state index contributed by atoms with van der Waals surface area (Å²) in [5, 5.41) is 0. The van der Waals surface area contributed by atoms with Crippen LogP contribution in [0.5, 0.6) is 0 Å². The highest BCUT2D eigenvalue weighted by atomic mass is 16.5. The maximum atomic E-state index is 12.3. The topological polar surface area (TPSA) is 43.4 Å². The highest BCUT2D eigenvalue weighted by Crippen LogP contribution is 2.49. The van der Waals surface area contributed by atoms with Crippen LogP contribution in [0.3, 0.4) is 0 Å². The molecule has 3 heteroatoms. The third-order valence-electron chi connectivity index (χ3n) is 4.29. The van der Waals surface area contributed by atoms with Crippen molar-refractivity contribution in [1.29, 1.82) is 0 Å². The molecule has 2 heterocycles. The van der Waals surface area contributed by atoms with E-state index >= 15 is 0 Å². The summed E-state index contributed by atoms with van der Waals surface area (Å²) in [6.07, 6.45) is 5.21. The normalized spacial score (nSPS) is 38.5. The van der Waals surface area contributed by atoms with Crippen molar-refractivity contribution in [2.24, 2.45) is 11.8 Å². The molecule has 2 rings (SSSR count). The largest absolute Gasteiger partial charge is 0.359 e. The third kappa shape index (κ3) is 1.95. The Bertz CT molecular complexity index is 410. The first-order valence-electron chi connectivity index (χ1n) is 6.78. The second-order valence-corrected chi connectivity index (χ2v) is 6.05. The van der Waals surface area contributed by atoms with Crippen molar-refractivity contribution in [1.82, 2.24) is 0 Å². The molecule has 0 radical (unpaired) electrons. The fourth-order valence-electron chi connectivity index (χ4n) is 3.14. The van der Waals surface area contributed by atoms with Crippen LogP contribution in [-0.4, -0.2) is 22.8 Å². The summed E-state index contributed by atoms with van der Waals surface area (Å²) in [5.41, 5.74) is -1.04. The summed E-state index contributed by atoms with van der Waals surface area (Å²) in [6.45, 7) is 7.90. The van der Waals surface area contributed by atoms with Gasteiger partial charge in [-0.05, 0) is 12.8 Å². The predicted molar refractivity (Wildman–Crippen MR) is 69.2 cm³/mol. The molecule has 2 bridgehead atoms. The van der Waals surface area contributed by atoms with E-state index in [4.69, 9.17) is 4.74 Å². The lowest BCUT2D eigenvalue weighted by Gasteiger charge is -2.46. The molecular formula is C15H22O3. The summed E-state index contributed by atoms with van der Waals surface area (Å²) in [7, 11) is 0. The van der Waals surface area contributed by atoms with E-state index in [2.05, 4.69) is 13.8 Å². The molecule has 0 spiro atoms. The maximum absolute atomic E-state index is 12.3. The Morgan fingerprint density at radius 2 is 2.17 bits per heavy atom. The lowest BCUT2D eigenvalue weighted by atomic mass is 9.72. The van der Waals surface area contributed by atoms with Gasteiger partial charge in [-0.3, -0.25) is 9.59 Å². The van der Waals surface area contributed by atoms with Gasteiger partial charge in [-0.2, -0.15) is 0 Å². The highest BCUT2D eigenvalue weighted by molar-refractivity contribution is 5.91. The number of fused-ring (bicyclic) bond motifs is 2. The number of Topliss-reactive ketones (excluding diaryl/α,β-unsaturated/α-hetero) is 2. The molecule has 3 atom stereocenters. The number of rotatable bonds is 4. The standard InChI is InChI=1S/C15H22O3/c1-5-11(16)8-12-13(17)9-14(4)6-7-15(12,18-14)10(2)3/h6-7,10,12H,5,8-9H2,1-4H3/t12-,14+,15+/m0/s1. The van der Waals surface area contributed by atoms with Gasteiger partial charge in [0.2, 0.25) is 0 Å². The number of hydrogen-bond acceptors (Lipinski definition) is 3. The highest BCUT2D eigenvalue weighted by Gasteiger charge is 2.56. The maximum Gasteiger partial charge on any atom is 0.142 e. The molecule has 18 heavy (non-hydrogen) atoms. The van der Waals surface area contributed by atoms with E-state index in [1.165, 1.54) is 0 Å². The van der Waals surface area contributed by atoms with Crippen LogP contribution in [-0.2, 0) is 14.3 Å². The van der Waals surface area contributed by atoms with Crippen molar-refractivity contribution in [3.05, 3.63) is 12.2 Å². The molecule has 0 aromatic heterocycles. The minimum Gasteiger partial charge on any atom is -0.359 e. The van der Waals surface area contributed by atoms with Crippen LogP contribution >= 0.6 is 0 Å². The van der Waals surface area contributed by atoms with Gasteiger partial charge in [0.25, 0.3) is 0 Å². The van der Waals surface area contributed by atoms with Crippen LogP contribution in [0.1, 0.15) is 47.0 Å². The summed E-state index contributed by atoms with van der Waals surface area (Å²) < 4.78 is 6.18. The van der Waals surface area contributed by atoms with E-state index in [-0.39, 0.29) is 23.4 Å².